The van der Waals surface area contributed by atoms with E-state index in [9.17, 15) is 4.39 Å². The van der Waals surface area contributed by atoms with Crippen LogP contribution < -0.4 is 0 Å². The van der Waals surface area contributed by atoms with Crippen LogP contribution in [-0.4, -0.2) is 0 Å². The van der Waals surface area contributed by atoms with Gasteiger partial charge in [-0.1, -0.05) is 38.5 Å². The van der Waals surface area contributed by atoms with Gasteiger partial charge in [0.15, 0.2) is 0 Å². The molecule has 0 nitrogen and oxygen atoms in total. The Morgan fingerprint density at radius 3 is 2.17 bits per heavy atom. The van der Waals surface area contributed by atoms with Crippen molar-refractivity contribution in [2.24, 2.45) is 17.3 Å². The molecule has 3 rings (SSSR count). The van der Waals surface area contributed by atoms with E-state index in [0.29, 0.717) is 5.41 Å². The third-order valence-corrected chi connectivity index (χ3v) is 6.38. The average Bonchev–Trinajstić information content (AvgIpc) is 2.56. The summed E-state index contributed by atoms with van der Waals surface area (Å²) in [7, 11) is 0. The minimum absolute atomic E-state index is 0.128. The van der Waals surface area contributed by atoms with Gasteiger partial charge in [-0.15, -0.1) is 0 Å². The number of rotatable bonds is 3. The summed E-state index contributed by atoms with van der Waals surface area (Å²) in [5, 5.41) is 0. The van der Waals surface area contributed by atoms with E-state index in [1.165, 1.54) is 68.9 Å². The summed E-state index contributed by atoms with van der Waals surface area (Å²) in [6.45, 7) is 7.19. The highest BCUT2D eigenvalue weighted by Crippen LogP contribution is 2.43. The molecule has 0 amide bonds. The number of benzene rings is 1. The molecule has 2 aliphatic rings. The molecule has 2 aliphatic carbocycles. The highest BCUT2D eigenvalue weighted by molar-refractivity contribution is 5.69. The average molecular weight is 329 g/mol. The highest BCUT2D eigenvalue weighted by Gasteiger charge is 2.30. The lowest BCUT2D eigenvalue weighted by molar-refractivity contribution is 0.149. The van der Waals surface area contributed by atoms with Crippen LogP contribution in [0.25, 0.3) is 5.57 Å². The lowest BCUT2D eigenvalue weighted by atomic mass is 9.68. The van der Waals surface area contributed by atoms with Crippen LogP contribution in [0.4, 0.5) is 4.39 Å². The van der Waals surface area contributed by atoms with E-state index in [4.69, 9.17) is 0 Å². The fourth-order valence-electron chi connectivity index (χ4n) is 4.77. The SMILES string of the molecule is CC(C)(C)C1CCC(CC2=C(c3ccc(F)cc3)CCCC2)CC1. The Balaban J connectivity index is 1.69. The Hall–Kier alpha value is -1.11. The van der Waals surface area contributed by atoms with Crippen molar-refractivity contribution in [1.29, 1.82) is 0 Å². The summed E-state index contributed by atoms with van der Waals surface area (Å²) in [4.78, 5) is 0. The molecule has 1 aromatic carbocycles. The topological polar surface area (TPSA) is 0 Å². The largest absolute Gasteiger partial charge is 0.207 e. The fourth-order valence-corrected chi connectivity index (χ4v) is 4.77. The predicted octanol–water partition coefficient (Wildman–Crippen LogP) is 7.40. The first kappa shape index (κ1) is 17.7. The van der Waals surface area contributed by atoms with Gasteiger partial charge < -0.3 is 0 Å². The van der Waals surface area contributed by atoms with Crippen LogP contribution in [0, 0.1) is 23.1 Å². The highest BCUT2D eigenvalue weighted by atomic mass is 19.1. The molecule has 1 aromatic rings. The zero-order chi connectivity index (χ0) is 17.2. The van der Waals surface area contributed by atoms with Gasteiger partial charge in [0.25, 0.3) is 0 Å². The second-order valence-electron chi connectivity index (χ2n) is 9.08. The fraction of sp³-hybridized carbons (Fsp3) is 0.652. The standard InChI is InChI=1S/C23H33F/c1-23(2,3)20-12-8-17(9-13-20)16-19-6-4-5-7-22(19)18-10-14-21(24)15-11-18/h10-11,14-15,17,20H,4-9,12-13,16H2,1-3H3. The first-order valence-electron chi connectivity index (χ1n) is 9.90. The second-order valence-corrected chi connectivity index (χ2v) is 9.08. The van der Waals surface area contributed by atoms with E-state index in [-0.39, 0.29) is 5.82 Å². The van der Waals surface area contributed by atoms with Crippen LogP contribution in [0.1, 0.15) is 84.1 Å². The molecule has 0 aromatic heterocycles. The molecule has 0 atom stereocenters. The Bertz CT molecular complexity index is 565. The van der Waals surface area contributed by atoms with Gasteiger partial charge >= 0.3 is 0 Å². The van der Waals surface area contributed by atoms with Gasteiger partial charge in [0.05, 0.1) is 0 Å². The molecule has 24 heavy (non-hydrogen) atoms. The summed E-state index contributed by atoms with van der Waals surface area (Å²) in [5.74, 6) is 1.63. The van der Waals surface area contributed by atoms with Gasteiger partial charge in [-0.2, -0.15) is 0 Å². The number of hydrogen-bond donors (Lipinski definition) is 0. The van der Waals surface area contributed by atoms with E-state index in [1.54, 1.807) is 17.7 Å². The lowest BCUT2D eigenvalue weighted by Gasteiger charge is -2.37. The van der Waals surface area contributed by atoms with Crippen molar-refractivity contribution < 1.29 is 4.39 Å². The van der Waals surface area contributed by atoms with Crippen molar-refractivity contribution in [3.05, 3.63) is 41.2 Å². The third kappa shape index (κ3) is 4.29. The monoisotopic (exact) mass is 328 g/mol. The number of hydrogen-bond acceptors (Lipinski definition) is 0. The molecule has 0 aliphatic heterocycles. The molecule has 0 bridgehead atoms. The number of halogens is 1. The van der Waals surface area contributed by atoms with Crippen LogP contribution in [-0.2, 0) is 0 Å². The number of allylic oxidation sites excluding steroid dienone is 2. The first-order valence-corrected chi connectivity index (χ1v) is 9.90. The quantitative estimate of drug-likeness (QED) is 0.542. The first-order chi connectivity index (χ1) is 11.4. The lowest BCUT2D eigenvalue weighted by Crippen LogP contribution is -2.26. The summed E-state index contributed by atoms with van der Waals surface area (Å²) < 4.78 is 13.2. The molecule has 0 heterocycles. The maximum absolute atomic E-state index is 13.2. The maximum Gasteiger partial charge on any atom is 0.123 e. The molecule has 0 unspecified atom stereocenters. The molecule has 1 fully saturated rings. The Kier molecular flexibility index (Phi) is 5.47. The normalized spacial score (nSPS) is 25.8. The van der Waals surface area contributed by atoms with Crippen LogP contribution in [0.2, 0.25) is 0 Å². The van der Waals surface area contributed by atoms with E-state index in [2.05, 4.69) is 20.8 Å². The maximum atomic E-state index is 13.2. The van der Waals surface area contributed by atoms with Crippen LogP contribution in [0.5, 0.6) is 0 Å². The summed E-state index contributed by atoms with van der Waals surface area (Å²) in [5.41, 5.74) is 4.93. The molecule has 0 radical (unpaired) electrons. The Morgan fingerprint density at radius 1 is 0.917 bits per heavy atom. The van der Waals surface area contributed by atoms with Gasteiger partial charge in [0.2, 0.25) is 0 Å². The molecule has 132 valence electrons. The van der Waals surface area contributed by atoms with Crippen molar-refractivity contribution in [3.63, 3.8) is 0 Å². The molecule has 0 N–H and O–H groups in total. The van der Waals surface area contributed by atoms with Gasteiger partial charge in [-0.3, -0.25) is 0 Å². The molecular weight excluding hydrogens is 295 g/mol. The van der Waals surface area contributed by atoms with Crippen molar-refractivity contribution in [3.8, 4) is 0 Å². The third-order valence-electron chi connectivity index (χ3n) is 6.38. The van der Waals surface area contributed by atoms with Crippen LogP contribution in [0.15, 0.2) is 29.8 Å². The Labute approximate surface area is 147 Å². The molecule has 0 saturated heterocycles. The van der Waals surface area contributed by atoms with Crippen molar-refractivity contribution in [2.75, 3.05) is 0 Å². The zero-order valence-corrected chi connectivity index (χ0v) is 15.7. The summed E-state index contributed by atoms with van der Waals surface area (Å²) in [6.07, 6.45) is 11.9. The van der Waals surface area contributed by atoms with Crippen LogP contribution in [0.3, 0.4) is 0 Å². The predicted molar refractivity (Wildman–Crippen MR) is 101 cm³/mol. The zero-order valence-electron chi connectivity index (χ0n) is 15.7. The molecule has 1 saturated carbocycles. The van der Waals surface area contributed by atoms with E-state index >= 15 is 0 Å². The summed E-state index contributed by atoms with van der Waals surface area (Å²) >= 11 is 0. The van der Waals surface area contributed by atoms with E-state index in [1.807, 2.05) is 12.1 Å². The van der Waals surface area contributed by atoms with Crippen molar-refractivity contribution in [2.45, 2.75) is 78.6 Å². The van der Waals surface area contributed by atoms with E-state index in [0.717, 1.165) is 11.8 Å². The van der Waals surface area contributed by atoms with Crippen molar-refractivity contribution >= 4 is 5.57 Å². The molecular formula is C23H33F. The van der Waals surface area contributed by atoms with Gasteiger partial charge in [0.1, 0.15) is 5.82 Å². The van der Waals surface area contributed by atoms with Gasteiger partial charge in [0, 0.05) is 0 Å². The molecule has 0 spiro atoms. The van der Waals surface area contributed by atoms with Gasteiger partial charge in [-0.05, 0) is 98.3 Å². The minimum Gasteiger partial charge on any atom is -0.207 e. The van der Waals surface area contributed by atoms with Gasteiger partial charge in [-0.25, -0.2) is 4.39 Å². The van der Waals surface area contributed by atoms with Crippen molar-refractivity contribution in [1.82, 2.24) is 0 Å². The smallest absolute Gasteiger partial charge is 0.123 e. The second kappa shape index (κ2) is 7.42. The molecule has 1 heteroatoms. The summed E-state index contributed by atoms with van der Waals surface area (Å²) in [6, 6.07) is 7.19. The Morgan fingerprint density at radius 2 is 1.54 bits per heavy atom. The van der Waals surface area contributed by atoms with Crippen LogP contribution >= 0.6 is 0 Å². The van der Waals surface area contributed by atoms with E-state index < -0.39 is 0 Å². The minimum atomic E-state index is -0.128.